The first-order chi connectivity index (χ1) is 14.2. The van der Waals surface area contributed by atoms with Gasteiger partial charge < -0.3 is 10.6 Å². The summed E-state index contributed by atoms with van der Waals surface area (Å²) < 4.78 is 14.3. The molecule has 2 N–H and O–H groups in total. The Labute approximate surface area is 175 Å². The molecule has 0 spiro atoms. The Balaban J connectivity index is 1.98. The predicted octanol–water partition coefficient (Wildman–Crippen LogP) is 3.82. The number of imide groups is 1. The third-order valence-corrected chi connectivity index (χ3v) is 5.40. The Morgan fingerprint density at radius 3 is 2.33 bits per heavy atom. The molecule has 3 atom stereocenters. The zero-order valence-corrected chi connectivity index (χ0v) is 17.5. The standard InChI is InChI=1S/C23H26FN3O3/c1-13(2)19-22(29)27(23(30)26-19)20(15(4)16-8-6-5-7-9-16)21(28)25-18-11-10-14(3)12-17(18)24/h5-13,15,19-20H,1-4H3,(H,25,28)(H,26,30)/t15?,19-,20?/m1/s1. The van der Waals surface area contributed by atoms with Gasteiger partial charge in [0, 0.05) is 5.92 Å². The van der Waals surface area contributed by atoms with Crippen molar-refractivity contribution in [3.05, 3.63) is 65.5 Å². The van der Waals surface area contributed by atoms with Gasteiger partial charge in [0.25, 0.3) is 5.91 Å². The molecular weight excluding hydrogens is 385 g/mol. The second kappa shape index (κ2) is 8.65. The highest BCUT2D eigenvalue weighted by Gasteiger charge is 2.47. The van der Waals surface area contributed by atoms with E-state index in [-0.39, 0.29) is 11.6 Å². The number of carbonyl (C=O) groups is 3. The average Bonchev–Trinajstić information content (AvgIpc) is 3.00. The lowest BCUT2D eigenvalue weighted by molar-refractivity contribution is -0.135. The van der Waals surface area contributed by atoms with Crippen molar-refractivity contribution in [1.29, 1.82) is 0 Å². The number of hydrogen-bond acceptors (Lipinski definition) is 3. The van der Waals surface area contributed by atoms with E-state index < -0.39 is 41.7 Å². The van der Waals surface area contributed by atoms with E-state index in [2.05, 4.69) is 10.6 Å². The minimum Gasteiger partial charge on any atom is -0.326 e. The molecule has 1 saturated heterocycles. The molecule has 158 valence electrons. The second-order valence-electron chi connectivity index (χ2n) is 8.00. The Morgan fingerprint density at radius 2 is 1.77 bits per heavy atom. The monoisotopic (exact) mass is 411 g/mol. The Kier molecular flexibility index (Phi) is 6.20. The predicted molar refractivity (Wildman–Crippen MR) is 112 cm³/mol. The summed E-state index contributed by atoms with van der Waals surface area (Å²) in [6, 6.07) is 11.1. The van der Waals surface area contributed by atoms with Crippen LogP contribution in [0.4, 0.5) is 14.9 Å². The van der Waals surface area contributed by atoms with Gasteiger partial charge in [-0.05, 0) is 36.1 Å². The first kappa shape index (κ1) is 21.5. The second-order valence-corrected chi connectivity index (χ2v) is 8.00. The van der Waals surface area contributed by atoms with Crippen LogP contribution in [0.5, 0.6) is 0 Å². The van der Waals surface area contributed by atoms with Gasteiger partial charge in [-0.1, -0.05) is 57.2 Å². The van der Waals surface area contributed by atoms with Crippen LogP contribution in [0.2, 0.25) is 0 Å². The maximum atomic E-state index is 14.3. The number of nitrogens with zero attached hydrogens (tertiary/aromatic N) is 1. The van der Waals surface area contributed by atoms with E-state index in [9.17, 15) is 18.8 Å². The van der Waals surface area contributed by atoms with Crippen LogP contribution in [-0.4, -0.2) is 34.8 Å². The largest absolute Gasteiger partial charge is 0.326 e. The number of hydrogen-bond donors (Lipinski definition) is 2. The molecule has 4 amide bonds. The smallest absolute Gasteiger partial charge is 0.325 e. The molecule has 0 radical (unpaired) electrons. The maximum Gasteiger partial charge on any atom is 0.325 e. The summed E-state index contributed by atoms with van der Waals surface area (Å²) in [7, 11) is 0. The average molecular weight is 411 g/mol. The van der Waals surface area contributed by atoms with Crippen LogP contribution in [-0.2, 0) is 9.59 Å². The quantitative estimate of drug-likeness (QED) is 0.710. The van der Waals surface area contributed by atoms with E-state index in [1.165, 1.54) is 12.1 Å². The fourth-order valence-corrected chi connectivity index (χ4v) is 3.66. The maximum absolute atomic E-state index is 14.3. The highest BCUT2D eigenvalue weighted by Crippen LogP contribution is 2.29. The van der Waals surface area contributed by atoms with Crippen LogP contribution < -0.4 is 10.6 Å². The van der Waals surface area contributed by atoms with Crippen molar-refractivity contribution in [1.82, 2.24) is 10.2 Å². The molecule has 0 aliphatic carbocycles. The Bertz CT molecular complexity index is 961. The fraction of sp³-hybridized carbons (Fsp3) is 0.348. The number of nitrogens with one attached hydrogen (secondary N) is 2. The van der Waals surface area contributed by atoms with Crippen molar-refractivity contribution >= 4 is 23.5 Å². The third-order valence-electron chi connectivity index (χ3n) is 5.40. The number of benzene rings is 2. The van der Waals surface area contributed by atoms with Crippen molar-refractivity contribution < 1.29 is 18.8 Å². The summed E-state index contributed by atoms with van der Waals surface area (Å²) >= 11 is 0. The summed E-state index contributed by atoms with van der Waals surface area (Å²) in [5, 5.41) is 5.22. The SMILES string of the molecule is Cc1ccc(NC(=O)C(C(C)c2ccccc2)N2C(=O)N[C@H](C(C)C)C2=O)c(F)c1. The number of aryl methyl sites for hydroxylation is 1. The lowest BCUT2D eigenvalue weighted by Gasteiger charge is -2.30. The van der Waals surface area contributed by atoms with Gasteiger partial charge >= 0.3 is 6.03 Å². The number of amides is 4. The molecule has 2 aromatic carbocycles. The molecule has 3 rings (SSSR count). The van der Waals surface area contributed by atoms with Crippen LogP contribution in [0.25, 0.3) is 0 Å². The van der Waals surface area contributed by atoms with Crippen molar-refractivity contribution in [2.24, 2.45) is 5.92 Å². The van der Waals surface area contributed by atoms with E-state index in [0.29, 0.717) is 5.56 Å². The molecule has 0 bridgehead atoms. The van der Waals surface area contributed by atoms with Gasteiger partial charge in [0.05, 0.1) is 5.69 Å². The highest BCUT2D eigenvalue weighted by molar-refractivity contribution is 6.09. The highest BCUT2D eigenvalue weighted by atomic mass is 19.1. The molecule has 0 saturated carbocycles. The van der Waals surface area contributed by atoms with Gasteiger partial charge in [-0.25, -0.2) is 14.1 Å². The molecule has 1 heterocycles. The summed E-state index contributed by atoms with van der Waals surface area (Å²) in [6.45, 7) is 7.16. The van der Waals surface area contributed by atoms with Crippen molar-refractivity contribution in [3.63, 3.8) is 0 Å². The number of anilines is 1. The summed E-state index contributed by atoms with van der Waals surface area (Å²) in [5.74, 6) is -2.28. The van der Waals surface area contributed by atoms with Crippen LogP contribution >= 0.6 is 0 Å². The van der Waals surface area contributed by atoms with Crippen molar-refractivity contribution in [2.45, 2.75) is 45.7 Å². The molecule has 7 heteroatoms. The lowest BCUT2D eigenvalue weighted by atomic mass is 9.91. The normalized spacial score (nSPS) is 18.3. The zero-order chi connectivity index (χ0) is 22.0. The Morgan fingerprint density at radius 1 is 1.10 bits per heavy atom. The number of halogens is 1. The van der Waals surface area contributed by atoms with Gasteiger partial charge in [0.1, 0.15) is 17.9 Å². The van der Waals surface area contributed by atoms with Crippen LogP contribution in [0.3, 0.4) is 0 Å². The minimum atomic E-state index is -1.13. The lowest BCUT2D eigenvalue weighted by Crippen LogP contribution is -2.50. The molecule has 1 aliphatic rings. The van der Waals surface area contributed by atoms with E-state index in [1.54, 1.807) is 19.9 Å². The van der Waals surface area contributed by atoms with Crippen LogP contribution in [0, 0.1) is 18.7 Å². The van der Waals surface area contributed by atoms with Gasteiger partial charge in [-0.15, -0.1) is 0 Å². The molecule has 2 unspecified atom stereocenters. The fourth-order valence-electron chi connectivity index (χ4n) is 3.66. The van der Waals surface area contributed by atoms with Crippen molar-refractivity contribution in [2.75, 3.05) is 5.32 Å². The molecule has 0 aromatic heterocycles. The van der Waals surface area contributed by atoms with Gasteiger partial charge in [0.2, 0.25) is 5.91 Å². The topological polar surface area (TPSA) is 78.5 Å². The number of rotatable bonds is 6. The molecule has 1 fully saturated rings. The van der Waals surface area contributed by atoms with Crippen molar-refractivity contribution in [3.8, 4) is 0 Å². The summed E-state index contributed by atoms with van der Waals surface area (Å²) in [6.07, 6.45) is 0. The molecule has 2 aromatic rings. The molecular formula is C23H26FN3O3. The van der Waals surface area contributed by atoms with E-state index in [0.717, 1.165) is 10.5 Å². The zero-order valence-electron chi connectivity index (χ0n) is 17.5. The number of urea groups is 1. The van der Waals surface area contributed by atoms with E-state index in [1.807, 2.05) is 44.2 Å². The van der Waals surface area contributed by atoms with E-state index in [4.69, 9.17) is 0 Å². The van der Waals surface area contributed by atoms with Gasteiger partial charge in [-0.2, -0.15) is 0 Å². The first-order valence-corrected chi connectivity index (χ1v) is 9.96. The molecule has 30 heavy (non-hydrogen) atoms. The third kappa shape index (κ3) is 4.20. The first-order valence-electron chi connectivity index (χ1n) is 9.96. The molecule has 1 aliphatic heterocycles. The Hall–Kier alpha value is -3.22. The number of carbonyl (C=O) groups excluding carboxylic acids is 3. The summed E-state index contributed by atoms with van der Waals surface area (Å²) in [5.41, 5.74) is 1.51. The van der Waals surface area contributed by atoms with Crippen LogP contribution in [0.1, 0.15) is 37.8 Å². The van der Waals surface area contributed by atoms with Crippen LogP contribution in [0.15, 0.2) is 48.5 Å². The summed E-state index contributed by atoms with van der Waals surface area (Å²) in [4.78, 5) is 39.9. The minimum absolute atomic E-state index is 0.00308. The van der Waals surface area contributed by atoms with E-state index >= 15 is 0 Å². The van der Waals surface area contributed by atoms with Gasteiger partial charge in [-0.3, -0.25) is 9.59 Å². The van der Waals surface area contributed by atoms with Gasteiger partial charge in [0.15, 0.2) is 0 Å². The molecule has 6 nitrogen and oxygen atoms in total.